The summed E-state index contributed by atoms with van der Waals surface area (Å²) in [6.45, 7) is 5.12. The van der Waals surface area contributed by atoms with Crippen LogP contribution in [0.3, 0.4) is 0 Å². The molecule has 2 aromatic heterocycles. The van der Waals surface area contributed by atoms with Crippen LogP contribution in [0.1, 0.15) is 36.9 Å². The van der Waals surface area contributed by atoms with Gasteiger partial charge in [0, 0.05) is 55.5 Å². The number of aromatic nitrogens is 3. The van der Waals surface area contributed by atoms with Crippen molar-refractivity contribution < 1.29 is 9.47 Å². The fraction of sp³-hybridized carbons (Fsp3) is 0.444. The number of ether oxygens (including phenoxy) is 2. The van der Waals surface area contributed by atoms with Crippen molar-refractivity contribution in [1.82, 2.24) is 19.9 Å². The molecule has 4 rings (SSSR count). The molecule has 0 spiro atoms. The van der Waals surface area contributed by atoms with Crippen molar-refractivity contribution in [2.45, 2.75) is 43.3 Å². The van der Waals surface area contributed by atoms with Gasteiger partial charge in [-0.2, -0.15) is 0 Å². The molecule has 34 heavy (non-hydrogen) atoms. The summed E-state index contributed by atoms with van der Waals surface area (Å²) in [6.07, 6.45) is 9.10. The molecular formula is C27H34N4O2S. The number of hydrogen-bond acceptors (Lipinski definition) is 7. The molecule has 0 unspecified atom stereocenters. The minimum atomic E-state index is 0.357. The van der Waals surface area contributed by atoms with E-state index in [2.05, 4.69) is 40.0 Å². The van der Waals surface area contributed by atoms with Gasteiger partial charge in [0.05, 0.1) is 19.4 Å². The predicted molar refractivity (Wildman–Crippen MR) is 138 cm³/mol. The maximum Gasteiger partial charge on any atom is 0.187 e. The van der Waals surface area contributed by atoms with Gasteiger partial charge >= 0.3 is 0 Å². The summed E-state index contributed by atoms with van der Waals surface area (Å²) in [4.78, 5) is 16.7. The summed E-state index contributed by atoms with van der Waals surface area (Å²) in [5.74, 6) is 2.04. The van der Waals surface area contributed by atoms with Crippen LogP contribution in [0.2, 0.25) is 0 Å². The minimum absolute atomic E-state index is 0.357. The molecule has 180 valence electrons. The van der Waals surface area contributed by atoms with Crippen molar-refractivity contribution in [2.75, 3.05) is 39.7 Å². The van der Waals surface area contributed by atoms with Gasteiger partial charge < -0.3 is 9.47 Å². The van der Waals surface area contributed by atoms with Gasteiger partial charge in [0.25, 0.3) is 0 Å². The maximum absolute atomic E-state index is 5.48. The third-order valence-electron chi connectivity index (χ3n) is 6.41. The van der Waals surface area contributed by atoms with E-state index in [1.807, 2.05) is 36.8 Å². The van der Waals surface area contributed by atoms with Gasteiger partial charge in [0.1, 0.15) is 5.75 Å². The first-order valence-electron chi connectivity index (χ1n) is 11.9. The molecule has 0 amide bonds. The average molecular weight is 479 g/mol. The maximum atomic E-state index is 5.48. The molecule has 6 nitrogen and oxygen atoms in total. The van der Waals surface area contributed by atoms with Crippen LogP contribution in [0, 0.1) is 0 Å². The minimum Gasteiger partial charge on any atom is -0.497 e. The first-order valence-corrected chi connectivity index (χ1v) is 12.9. The normalized spacial score (nSPS) is 17.4. The molecule has 0 radical (unpaired) electrons. The van der Waals surface area contributed by atoms with E-state index in [0.29, 0.717) is 18.6 Å². The first-order chi connectivity index (χ1) is 16.7. The van der Waals surface area contributed by atoms with Gasteiger partial charge in [0.15, 0.2) is 5.16 Å². The topological polar surface area (TPSA) is 60.4 Å². The van der Waals surface area contributed by atoms with E-state index in [0.717, 1.165) is 65.8 Å². The molecule has 1 saturated heterocycles. The Morgan fingerprint density at radius 1 is 1.18 bits per heavy atom. The smallest absolute Gasteiger partial charge is 0.187 e. The van der Waals surface area contributed by atoms with Crippen LogP contribution in [0.15, 0.2) is 60.1 Å². The van der Waals surface area contributed by atoms with Crippen molar-refractivity contribution >= 4 is 11.8 Å². The summed E-state index contributed by atoms with van der Waals surface area (Å²) in [7, 11) is 3.43. The summed E-state index contributed by atoms with van der Waals surface area (Å²) < 4.78 is 10.7. The highest BCUT2D eigenvalue weighted by Gasteiger charge is 2.28. The molecule has 1 aliphatic heterocycles. The van der Waals surface area contributed by atoms with Crippen LogP contribution >= 0.6 is 11.8 Å². The zero-order chi connectivity index (χ0) is 23.8. The summed E-state index contributed by atoms with van der Waals surface area (Å²) in [6, 6.07) is 12.8. The standard InChI is InChI=1S/C27H34N4O2S/c1-20(15-21-7-5-11-28-17-21)31-12-6-9-23(19-31)26-25(22-8-4-10-24(16-22)33-3)18-29-27(30-26)34-14-13-32-2/h4-5,7-8,10-11,16-18,20,23H,6,9,12-15,19H2,1-3H3/t20-,23-/m0/s1. The van der Waals surface area contributed by atoms with Gasteiger partial charge in [0.2, 0.25) is 0 Å². The number of nitrogens with zero attached hydrogens (tertiary/aromatic N) is 4. The zero-order valence-corrected chi connectivity index (χ0v) is 21.1. The molecule has 0 aliphatic carbocycles. The number of likely N-dealkylation sites (tertiary alicyclic amines) is 1. The monoisotopic (exact) mass is 478 g/mol. The Balaban J connectivity index is 1.59. The highest BCUT2D eigenvalue weighted by atomic mass is 32.2. The fourth-order valence-electron chi connectivity index (χ4n) is 4.61. The molecule has 7 heteroatoms. The molecule has 3 heterocycles. The lowest BCUT2D eigenvalue weighted by atomic mass is 9.89. The third-order valence-corrected chi connectivity index (χ3v) is 7.24. The molecular weight excluding hydrogens is 444 g/mol. The van der Waals surface area contributed by atoms with Crippen molar-refractivity contribution in [1.29, 1.82) is 0 Å². The van der Waals surface area contributed by atoms with Gasteiger partial charge in [-0.15, -0.1) is 0 Å². The molecule has 0 saturated carbocycles. The Morgan fingerprint density at radius 3 is 2.88 bits per heavy atom. The number of piperidine rings is 1. The molecule has 0 bridgehead atoms. The molecule has 2 atom stereocenters. The second-order valence-corrected chi connectivity index (χ2v) is 9.84. The lowest BCUT2D eigenvalue weighted by Crippen LogP contribution is -2.41. The highest BCUT2D eigenvalue weighted by molar-refractivity contribution is 7.99. The van der Waals surface area contributed by atoms with E-state index in [9.17, 15) is 0 Å². The number of benzene rings is 1. The first kappa shape index (κ1) is 24.6. The predicted octanol–water partition coefficient (Wildman–Crippen LogP) is 5.10. The molecule has 1 aliphatic rings. The molecule has 1 aromatic carbocycles. The van der Waals surface area contributed by atoms with Crippen molar-refractivity contribution in [3.05, 3.63) is 66.2 Å². The molecule has 1 fully saturated rings. The van der Waals surface area contributed by atoms with Crippen LogP contribution in [-0.4, -0.2) is 65.6 Å². The fourth-order valence-corrected chi connectivity index (χ4v) is 5.33. The number of hydrogen-bond donors (Lipinski definition) is 0. The number of rotatable bonds is 10. The summed E-state index contributed by atoms with van der Waals surface area (Å²) in [5, 5.41) is 0.819. The Hall–Kier alpha value is -2.48. The summed E-state index contributed by atoms with van der Waals surface area (Å²) >= 11 is 1.65. The van der Waals surface area contributed by atoms with E-state index in [-0.39, 0.29) is 0 Å². The molecule has 0 N–H and O–H groups in total. The van der Waals surface area contributed by atoms with E-state index >= 15 is 0 Å². The van der Waals surface area contributed by atoms with Crippen LogP contribution in [-0.2, 0) is 11.2 Å². The second kappa shape index (κ2) is 12.3. The average Bonchev–Trinajstić information content (AvgIpc) is 2.89. The van der Waals surface area contributed by atoms with Gasteiger partial charge in [-0.05, 0) is 62.1 Å². The van der Waals surface area contributed by atoms with Crippen molar-refractivity contribution in [3.63, 3.8) is 0 Å². The largest absolute Gasteiger partial charge is 0.497 e. The van der Waals surface area contributed by atoms with Crippen LogP contribution < -0.4 is 4.74 Å². The quantitative estimate of drug-likeness (QED) is 0.228. The lowest BCUT2D eigenvalue weighted by Gasteiger charge is -2.37. The van der Waals surface area contributed by atoms with Crippen LogP contribution in [0.4, 0.5) is 0 Å². The van der Waals surface area contributed by atoms with Crippen LogP contribution in [0.5, 0.6) is 5.75 Å². The Kier molecular flexibility index (Phi) is 8.91. The second-order valence-electron chi connectivity index (χ2n) is 8.77. The van der Waals surface area contributed by atoms with Crippen molar-refractivity contribution in [2.24, 2.45) is 0 Å². The van der Waals surface area contributed by atoms with E-state index in [4.69, 9.17) is 14.5 Å². The molecule has 3 aromatic rings. The zero-order valence-electron chi connectivity index (χ0n) is 20.3. The Labute approximate surface area is 207 Å². The lowest BCUT2D eigenvalue weighted by molar-refractivity contribution is 0.155. The van der Waals surface area contributed by atoms with Crippen LogP contribution in [0.25, 0.3) is 11.1 Å². The third kappa shape index (κ3) is 6.34. The Bertz CT molecular complexity index is 1050. The SMILES string of the molecule is COCCSc1ncc(-c2cccc(OC)c2)c([C@H]2CCCN([C@@H](C)Cc3cccnc3)C2)n1. The number of pyridine rings is 1. The van der Waals surface area contributed by atoms with E-state index in [1.165, 1.54) is 5.56 Å². The number of methoxy groups -OCH3 is 2. The Morgan fingerprint density at radius 2 is 2.09 bits per heavy atom. The van der Waals surface area contributed by atoms with Gasteiger partial charge in [-0.1, -0.05) is 30.0 Å². The summed E-state index contributed by atoms with van der Waals surface area (Å²) in [5.41, 5.74) is 4.62. The van der Waals surface area contributed by atoms with Crippen molar-refractivity contribution in [3.8, 4) is 16.9 Å². The van der Waals surface area contributed by atoms with E-state index < -0.39 is 0 Å². The van der Waals surface area contributed by atoms with Gasteiger partial charge in [-0.3, -0.25) is 9.88 Å². The van der Waals surface area contributed by atoms with Gasteiger partial charge in [-0.25, -0.2) is 9.97 Å². The number of thioether (sulfide) groups is 1. The highest BCUT2D eigenvalue weighted by Crippen LogP contribution is 2.35. The van der Waals surface area contributed by atoms with E-state index in [1.54, 1.807) is 26.0 Å².